The fraction of sp³-hybridized carbons (Fsp3) is 0.600. The summed E-state index contributed by atoms with van der Waals surface area (Å²) in [6.45, 7) is 1.33. The summed E-state index contributed by atoms with van der Waals surface area (Å²) in [5.41, 5.74) is 8.67. The van der Waals surface area contributed by atoms with E-state index in [1.165, 1.54) is 31.2 Å². The molecule has 0 saturated heterocycles. The summed E-state index contributed by atoms with van der Waals surface area (Å²) in [4.78, 5) is 0. The van der Waals surface area contributed by atoms with E-state index in [1.807, 2.05) is 6.07 Å². The molecule has 0 spiro atoms. The van der Waals surface area contributed by atoms with Crippen LogP contribution in [0.5, 0.6) is 5.75 Å². The van der Waals surface area contributed by atoms with Gasteiger partial charge in [-0.3, -0.25) is 0 Å². The van der Waals surface area contributed by atoms with Crippen LogP contribution in [-0.2, 0) is 16.8 Å². The first-order valence-electron chi connectivity index (χ1n) is 6.61. The molecule has 1 fully saturated rings. The molecule has 1 saturated carbocycles. The Morgan fingerprint density at radius 3 is 2.44 bits per heavy atom. The van der Waals surface area contributed by atoms with E-state index in [-0.39, 0.29) is 5.41 Å². The average Bonchev–Trinajstić information content (AvgIpc) is 2.88. The van der Waals surface area contributed by atoms with Crippen molar-refractivity contribution < 1.29 is 9.47 Å². The van der Waals surface area contributed by atoms with Gasteiger partial charge in [-0.1, -0.05) is 18.9 Å². The van der Waals surface area contributed by atoms with Crippen LogP contribution in [0.25, 0.3) is 0 Å². The minimum Gasteiger partial charge on any atom is -0.497 e. The Morgan fingerprint density at radius 2 is 1.89 bits per heavy atom. The molecule has 1 aromatic rings. The molecule has 0 bridgehead atoms. The van der Waals surface area contributed by atoms with Crippen LogP contribution in [0.15, 0.2) is 18.2 Å². The number of hydrogen-bond donors (Lipinski definition) is 1. The minimum atomic E-state index is 0.150. The molecule has 0 aliphatic heterocycles. The highest BCUT2D eigenvalue weighted by atomic mass is 16.5. The third-order valence-corrected chi connectivity index (χ3v) is 4.08. The number of hydrogen-bond acceptors (Lipinski definition) is 3. The maximum Gasteiger partial charge on any atom is 0.119 e. The lowest BCUT2D eigenvalue weighted by atomic mass is 9.78. The lowest BCUT2D eigenvalue weighted by Crippen LogP contribution is -2.32. The van der Waals surface area contributed by atoms with E-state index < -0.39 is 0 Å². The topological polar surface area (TPSA) is 44.5 Å². The standard InChI is InChI=1S/C15H23NO2/c1-17-10-12-7-13(9-14(8-12)18-2)15(11-16)5-3-4-6-15/h7-9H,3-6,10-11,16H2,1-2H3. The fourth-order valence-corrected chi connectivity index (χ4v) is 3.00. The normalized spacial score (nSPS) is 17.9. The van der Waals surface area contributed by atoms with Gasteiger partial charge in [0, 0.05) is 19.1 Å². The third kappa shape index (κ3) is 2.52. The second kappa shape index (κ2) is 5.72. The SMILES string of the molecule is COCc1cc(OC)cc(C2(CN)CCCC2)c1. The van der Waals surface area contributed by atoms with Gasteiger partial charge < -0.3 is 15.2 Å². The van der Waals surface area contributed by atoms with Crippen LogP contribution < -0.4 is 10.5 Å². The molecule has 0 aromatic heterocycles. The Balaban J connectivity index is 2.38. The minimum absolute atomic E-state index is 0.150. The van der Waals surface area contributed by atoms with Crippen molar-refractivity contribution in [2.24, 2.45) is 5.73 Å². The first-order chi connectivity index (χ1) is 8.74. The number of methoxy groups -OCH3 is 2. The predicted octanol–water partition coefficient (Wildman–Crippen LogP) is 2.61. The van der Waals surface area contributed by atoms with Gasteiger partial charge in [0.25, 0.3) is 0 Å². The highest BCUT2D eigenvalue weighted by molar-refractivity contribution is 5.39. The second-order valence-corrected chi connectivity index (χ2v) is 5.19. The van der Waals surface area contributed by atoms with Crippen LogP contribution in [0.1, 0.15) is 36.8 Å². The fourth-order valence-electron chi connectivity index (χ4n) is 3.00. The Morgan fingerprint density at radius 1 is 1.17 bits per heavy atom. The van der Waals surface area contributed by atoms with Crippen LogP contribution in [-0.4, -0.2) is 20.8 Å². The summed E-state index contributed by atoms with van der Waals surface area (Å²) in [6.07, 6.45) is 4.91. The van der Waals surface area contributed by atoms with Gasteiger partial charge in [-0.15, -0.1) is 0 Å². The summed E-state index contributed by atoms with van der Waals surface area (Å²) >= 11 is 0. The molecule has 2 rings (SSSR count). The molecule has 1 aromatic carbocycles. The third-order valence-electron chi connectivity index (χ3n) is 4.08. The van der Waals surface area contributed by atoms with Crippen LogP contribution >= 0.6 is 0 Å². The summed E-state index contributed by atoms with van der Waals surface area (Å²) < 4.78 is 10.6. The molecule has 100 valence electrons. The van der Waals surface area contributed by atoms with Crippen molar-refractivity contribution >= 4 is 0 Å². The van der Waals surface area contributed by atoms with Crippen LogP contribution in [0.3, 0.4) is 0 Å². The Hall–Kier alpha value is -1.06. The zero-order valence-corrected chi connectivity index (χ0v) is 11.4. The van der Waals surface area contributed by atoms with Gasteiger partial charge >= 0.3 is 0 Å². The van der Waals surface area contributed by atoms with Gasteiger partial charge in [0.2, 0.25) is 0 Å². The van der Waals surface area contributed by atoms with Crippen molar-refractivity contribution in [2.45, 2.75) is 37.7 Å². The summed E-state index contributed by atoms with van der Waals surface area (Å²) in [5, 5.41) is 0. The number of nitrogens with two attached hydrogens (primary N) is 1. The van der Waals surface area contributed by atoms with Crippen LogP contribution in [0, 0.1) is 0 Å². The molecule has 1 aliphatic rings. The lowest BCUT2D eigenvalue weighted by molar-refractivity contribution is 0.184. The molecular weight excluding hydrogens is 226 g/mol. The summed E-state index contributed by atoms with van der Waals surface area (Å²) in [7, 11) is 3.42. The molecule has 18 heavy (non-hydrogen) atoms. The molecule has 0 radical (unpaired) electrons. The Bertz CT molecular complexity index is 397. The van der Waals surface area contributed by atoms with Gasteiger partial charge in [0.1, 0.15) is 5.75 Å². The smallest absolute Gasteiger partial charge is 0.119 e. The monoisotopic (exact) mass is 249 g/mol. The summed E-state index contributed by atoms with van der Waals surface area (Å²) in [5.74, 6) is 0.902. The van der Waals surface area contributed by atoms with E-state index in [0.717, 1.165) is 11.3 Å². The maximum atomic E-state index is 6.04. The molecule has 2 N–H and O–H groups in total. The number of ether oxygens (including phenoxy) is 2. The van der Waals surface area contributed by atoms with Crippen molar-refractivity contribution in [3.63, 3.8) is 0 Å². The van der Waals surface area contributed by atoms with Crippen LogP contribution in [0.2, 0.25) is 0 Å². The molecule has 0 unspecified atom stereocenters. The Kier molecular flexibility index (Phi) is 4.25. The highest BCUT2D eigenvalue weighted by Crippen LogP contribution is 2.41. The van der Waals surface area contributed by atoms with Gasteiger partial charge in [0.15, 0.2) is 0 Å². The van der Waals surface area contributed by atoms with Gasteiger partial charge in [0.05, 0.1) is 13.7 Å². The largest absolute Gasteiger partial charge is 0.497 e. The van der Waals surface area contributed by atoms with Gasteiger partial charge in [-0.25, -0.2) is 0 Å². The summed E-state index contributed by atoms with van der Waals surface area (Å²) in [6, 6.07) is 6.40. The number of rotatable bonds is 5. The zero-order valence-electron chi connectivity index (χ0n) is 11.4. The van der Waals surface area contributed by atoms with Crippen LogP contribution in [0.4, 0.5) is 0 Å². The average molecular weight is 249 g/mol. The van der Waals surface area contributed by atoms with Crippen molar-refractivity contribution in [1.29, 1.82) is 0 Å². The van der Waals surface area contributed by atoms with Crippen molar-refractivity contribution in [2.75, 3.05) is 20.8 Å². The van der Waals surface area contributed by atoms with E-state index >= 15 is 0 Å². The molecular formula is C15H23NO2. The van der Waals surface area contributed by atoms with E-state index in [1.54, 1.807) is 14.2 Å². The van der Waals surface area contributed by atoms with Crippen molar-refractivity contribution in [3.8, 4) is 5.75 Å². The molecule has 0 heterocycles. The first-order valence-corrected chi connectivity index (χ1v) is 6.61. The first kappa shape index (κ1) is 13.4. The lowest BCUT2D eigenvalue weighted by Gasteiger charge is -2.28. The van der Waals surface area contributed by atoms with Crippen molar-refractivity contribution in [3.05, 3.63) is 29.3 Å². The van der Waals surface area contributed by atoms with E-state index in [4.69, 9.17) is 15.2 Å². The second-order valence-electron chi connectivity index (χ2n) is 5.19. The zero-order chi connectivity index (χ0) is 13.0. The molecule has 0 amide bonds. The Labute approximate surface area is 109 Å². The highest BCUT2D eigenvalue weighted by Gasteiger charge is 2.34. The van der Waals surface area contributed by atoms with E-state index in [0.29, 0.717) is 13.2 Å². The number of benzene rings is 1. The molecule has 0 atom stereocenters. The van der Waals surface area contributed by atoms with E-state index in [9.17, 15) is 0 Å². The maximum absolute atomic E-state index is 6.04. The molecule has 3 heteroatoms. The quantitative estimate of drug-likeness (QED) is 0.872. The van der Waals surface area contributed by atoms with E-state index in [2.05, 4.69) is 12.1 Å². The van der Waals surface area contributed by atoms with Gasteiger partial charge in [-0.2, -0.15) is 0 Å². The predicted molar refractivity (Wildman–Crippen MR) is 72.9 cm³/mol. The van der Waals surface area contributed by atoms with Gasteiger partial charge in [-0.05, 0) is 36.1 Å². The molecule has 3 nitrogen and oxygen atoms in total. The van der Waals surface area contributed by atoms with Crippen molar-refractivity contribution in [1.82, 2.24) is 0 Å². The molecule has 1 aliphatic carbocycles.